The third-order valence-corrected chi connectivity index (χ3v) is 7.38. The Morgan fingerprint density at radius 3 is 2.21 bits per heavy atom. The van der Waals surface area contributed by atoms with Crippen LogP contribution in [0.2, 0.25) is 0 Å². The number of nitrogens with one attached hydrogen (secondary N) is 2. The first-order valence-electron chi connectivity index (χ1n) is 10.5. The van der Waals surface area contributed by atoms with E-state index in [1.807, 2.05) is 0 Å². The third-order valence-electron chi connectivity index (χ3n) is 6.11. The zero-order chi connectivity index (χ0) is 19.9. The average molecular weight is 413 g/mol. The number of methoxy groups -OCH3 is 1. The molecule has 2 unspecified atom stereocenters. The van der Waals surface area contributed by atoms with Gasteiger partial charge in [0.05, 0.1) is 30.6 Å². The van der Waals surface area contributed by atoms with Crippen molar-refractivity contribution >= 4 is 29.7 Å². The van der Waals surface area contributed by atoms with Crippen LogP contribution in [-0.4, -0.2) is 48.4 Å². The van der Waals surface area contributed by atoms with Gasteiger partial charge in [0.2, 0.25) is 11.8 Å². The fourth-order valence-electron chi connectivity index (χ4n) is 4.44. The van der Waals surface area contributed by atoms with Crippen molar-refractivity contribution in [3.63, 3.8) is 0 Å². The fourth-order valence-corrected chi connectivity index (χ4v) is 5.77. The van der Waals surface area contributed by atoms with Crippen LogP contribution in [0.4, 0.5) is 4.79 Å². The molecule has 1 aliphatic heterocycles. The zero-order valence-corrected chi connectivity index (χ0v) is 17.4. The molecule has 28 heavy (non-hydrogen) atoms. The van der Waals surface area contributed by atoms with Gasteiger partial charge in [0, 0.05) is 5.92 Å². The molecule has 3 amide bonds. The molecule has 3 fully saturated rings. The molecule has 8 heteroatoms. The molecule has 0 spiro atoms. The number of thioether (sulfide) groups is 1. The number of rotatable bonds is 5. The minimum Gasteiger partial charge on any atom is -0.453 e. The smallest absolute Gasteiger partial charge is 0.413 e. The lowest BCUT2D eigenvalue weighted by Gasteiger charge is -2.33. The second-order valence-corrected chi connectivity index (χ2v) is 9.30. The Balaban J connectivity index is 1.42. The molecule has 0 aromatic carbocycles. The van der Waals surface area contributed by atoms with Crippen LogP contribution < -0.4 is 10.6 Å². The lowest BCUT2D eigenvalue weighted by atomic mass is 9.86. The van der Waals surface area contributed by atoms with Gasteiger partial charge in [0.1, 0.15) is 0 Å². The SMILES string of the molecule is COC(=O)NC(=O)C1CCSC1NC(=O)C1CCC(OC2CCCCC2)CC1. The first kappa shape index (κ1) is 21.4. The summed E-state index contributed by atoms with van der Waals surface area (Å²) in [6, 6.07) is 0. The Labute approximate surface area is 171 Å². The maximum atomic E-state index is 12.7. The van der Waals surface area contributed by atoms with Crippen molar-refractivity contribution in [2.75, 3.05) is 12.9 Å². The van der Waals surface area contributed by atoms with Crippen LogP contribution in [0.3, 0.4) is 0 Å². The Morgan fingerprint density at radius 2 is 1.54 bits per heavy atom. The van der Waals surface area contributed by atoms with Gasteiger partial charge in [0.15, 0.2) is 0 Å². The van der Waals surface area contributed by atoms with Crippen molar-refractivity contribution in [1.29, 1.82) is 0 Å². The van der Waals surface area contributed by atoms with E-state index in [2.05, 4.69) is 15.4 Å². The normalized spacial score (nSPS) is 31.2. The molecule has 2 N–H and O–H groups in total. The topological polar surface area (TPSA) is 93.7 Å². The Kier molecular flexibility index (Phi) is 8.02. The lowest BCUT2D eigenvalue weighted by molar-refractivity contribution is -0.129. The maximum absolute atomic E-state index is 12.7. The minimum absolute atomic E-state index is 0.0169. The maximum Gasteiger partial charge on any atom is 0.413 e. The second-order valence-electron chi connectivity index (χ2n) is 8.05. The van der Waals surface area contributed by atoms with Crippen LogP contribution in [0.1, 0.15) is 64.2 Å². The van der Waals surface area contributed by atoms with Crippen molar-refractivity contribution in [1.82, 2.24) is 10.6 Å². The molecule has 2 atom stereocenters. The summed E-state index contributed by atoms with van der Waals surface area (Å²) < 4.78 is 10.7. The number of amides is 3. The molecule has 1 saturated heterocycles. The number of alkyl carbamates (subject to hydrolysis) is 1. The van der Waals surface area contributed by atoms with Crippen LogP contribution >= 0.6 is 11.8 Å². The molecular formula is C20H32N2O5S. The van der Waals surface area contributed by atoms with Gasteiger partial charge in [-0.3, -0.25) is 14.9 Å². The third kappa shape index (κ3) is 5.86. The quantitative estimate of drug-likeness (QED) is 0.721. The van der Waals surface area contributed by atoms with E-state index < -0.39 is 12.0 Å². The number of hydrogen-bond donors (Lipinski definition) is 2. The Hall–Kier alpha value is -1.28. The van der Waals surface area contributed by atoms with Gasteiger partial charge in [-0.25, -0.2) is 4.79 Å². The van der Waals surface area contributed by atoms with Gasteiger partial charge in [0.25, 0.3) is 0 Å². The molecule has 7 nitrogen and oxygen atoms in total. The molecule has 0 radical (unpaired) electrons. The van der Waals surface area contributed by atoms with Crippen molar-refractivity contribution < 1.29 is 23.9 Å². The standard InChI is InChI=1S/C20H32N2O5S/c1-26-20(25)22-18(24)16-11-12-28-19(16)21-17(23)13-7-9-15(10-8-13)27-14-5-3-2-4-6-14/h13-16,19H,2-12H2,1H3,(H,21,23)(H,22,24,25). The molecule has 0 aromatic rings. The number of carbonyl (C=O) groups is 3. The van der Waals surface area contributed by atoms with Gasteiger partial charge >= 0.3 is 6.09 Å². The summed E-state index contributed by atoms with van der Waals surface area (Å²) in [7, 11) is 1.22. The van der Waals surface area contributed by atoms with Crippen LogP contribution in [0, 0.1) is 11.8 Å². The van der Waals surface area contributed by atoms with E-state index in [9.17, 15) is 14.4 Å². The molecule has 2 saturated carbocycles. The van der Waals surface area contributed by atoms with Crippen LogP contribution in [-0.2, 0) is 19.1 Å². The molecule has 2 aliphatic carbocycles. The van der Waals surface area contributed by atoms with E-state index in [1.165, 1.54) is 39.2 Å². The van der Waals surface area contributed by atoms with E-state index in [-0.39, 0.29) is 29.2 Å². The van der Waals surface area contributed by atoms with Crippen LogP contribution in [0.5, 0.6) is 0 Å². The molecular weight excluding hydrogens is 380 g/mol. The summed E-state index contributed by atoms with van der Waals surface area (Å²) in [6.07, 6.45) is 10.3. The lowest BCUT2D eigenvalue weighted by Crippen LogP contribution is -2.46. The number of carbonyl (C=O) groups excluding carboxylic acids is 3. The molecule has 158 valence electrons. The average Bonchev–Trinajstić information content (AvgIpc) is 3.17. The van der Waals surface area contributed by atoms with E-state index in [1.54, 1.807) is 11.8 Å². The number of ether oxygens (including phenoxy) is 2. The largest absolute Gasteiger partial charge is 0.453 e. The highest BCUT2D eigenvalue weighted by atomic mass is 32.2. The predicted octanol–water partition coefficient (Wildman–Crippen LogP) is 2.97. The molecule has 3 aliphatic rings. The van der Waals surface area contributed by atoms with Crippen molar-refractivity contribution in [2.24, 2.45) is 11.8 Å². The highest BCUT2D eigenvalue weighted by Crippen LogP contribution is 2.33. The molecule has 0 bridgehead atoms. The summed E-state index contributed by atoms with van der Waals surface area (Å²) in [5.41, 5.74) is 0. The zero-order valence-electron chi connectivity index (χ0n) is 16.6. The minimum atomic E-state index is -0.761. The van der Waals surface area contributed by atoms with Crippen molar-refractivity contribution in [3.8, 4) is 0 Å². The van der Waals surface area contributed by atoms with Crippen LogP contribution in [0.15, 0.2) is 0 Å². The van der Waals surface area contributed by atoms with Gasteiger partial charge in [-0.2, -0.15) is 0 Å². The summed E-state index contributed by atoms with van der Waals surface area (Å²) in [6.45, 7) is 0. The van der Waals surface area contributed by atoms with E-state index in [0.717, 1.165) is 31.4 Å². The predicted molar refractivity (Wildman–Crippen MR) is 107 cm³/mol. The second kappa shape index (κ2) is 10.5. The number of imide groups is 1. The highest BCUT2D eigenvalue weighted by Gasteiger charge is 2.37. The molecule has 0 aromatic heterocycles. The monoisotopic (exact) mass is 412 g/mol. The van der Waals surface area contributed by atoms with E-state index >= 15 is 0 Å². The Morgan fingerprint density at radius 1 is 0.857 bits per heavy atom. The highest BCUT2D eigenvalue weighted by molar-refractivity contribution is 8.00. The summed E-state index contributed by atoms with van der Waals surface area (Å²) in [5.74, 6) is 0.000453. The van der Waals surface area contributed by atoms with Crippen molar-refractivity contribution in [2.45, 2.75) is 81.8 Å². The van der Waals surface area contributed by atoms with Gasteiger partial charge in [-0.1, -0.05) is 19.3 Å². The molecule has 1 heterocycles. The summed E-state index contributed by atoms with van der Waals surface area (Å²) >= 11 is 1.56. The van der Waals surface area contributed by atoms with E-state index in [0.29, 0.717) is 12.5 Å². The van der Waals surface area contributed by atoms with Crippen molar-refractivity contribution in [3.05, 3.63) is 0 Å². The summed E-state index contributed by atoms with van der Waals surface area (Å²) in [4.78, 5) is 36.2. The number of hydrogen-bond acceptors (Lipinski definition) is 6. The van der Waals surface area contributed by atoms with Gasteiger partial charge < -0.3 is 14.8 Å². The first-order chi connectivity index (χ1) is 13.6. The molecule has 3 rings (SSSR count). The fraction of sp³-hybridized carbons (Fsp3) is 0.850. The first-order valence-corrected chi connectivity index (χ1v) is 11.6. The van der Waals surface area contributed by atoms with Gasteiger partial charge in [-0.15, -0.1) is 11.8 Å². The Bertz CT molecular complexity index is 559. The van der Waals surface area contributed by atoms with E-state index in [4.69, 9.17) is 4.74 Å². The summed E-state index contributed by atoms with van der Waals surface area (Å²) in [5, 5.41) is 4.97. The van der Waals surface area contributed by atoms with Gasteiger partial charge in [-0.05, 0) is 50.7 Å². The van der Waals surface area contributed by atoms with Crippen LogP contribution in [0.25, 0.3) is 0 Å².